The Hall–Kier alpha value is -3.66. The van der Waals surface area contributed by atoms with Gasteiger partial charge in [-0.25, -0.2) is 16.8 Å². The number of hydrogen-bond acceptors (Lipinski definition) is 10. The molecule has 4 aromatic rings. The first kappa shape index (κ1) is 29.3. The van der Waals surface area contributed by atoms with Crippen LogP contribution in [0.2, 0.25) is 5.02 Å². The molecule has 1 unspecified atom stereocenters. The van der Waals surface area contributed by atoms with Crippen LogP contribution in [-0.4, -0.2) is 72.7 Å². The van der Waals surface area contributed by atoms with Crippen molar-refractivity contribution >= 4 is 37.4 Å². The summed E-state index contributed by atoms with van der Waals surface area (Å²) in [5.41, 5.74) is 0.810. The van der Waals surface area contributed by atoms with Gasteiger partial charge in [0, 0.05) is 23.9 Å². The highest BCUT2D eigenvalue weighted by Crippen LogP contribution is 2.38. The molecule has 2 N–H and O–H groups in total. The smallest absolute Gasteiger partial charge is 0.243 e. The minimum Gasteiger partial charge on any atom is -0.494 e. The van der Waals surface area contributed by atoms with E-state index in [1.54, 1.807) is 25.2 Å². The molecule has 0 saturated heterocycles. The van der Waals surface area contributed by atoms with Crippen LogP contribution in [0.4, 0.5) is 5.95 Å². The van der Waals surface area contributed by atoms with Gasteiger partial charge in [0.25, 0.3) is 0 Å². The molecular formula is C24H27ClN6O7S2. The Bertz CT molecular complexity index is 1760. The molecule has 40 heavy (non-hydrogen) atoms. The minimum absolute atomic E-state index is 0.0881. The summed E-state index contributed by atoms with van der Waals surface area (Å²) in [4.78, 5) is -0.131. The highest BCUT2D eigenvalue weighted by Gasteiger charge is 2.28. The molecule has 0 spiro atoms. The first-order valence-electron chi connectivity index (χ1n) is 11.7. The molecule has 1 atom stereocenters. The number of ether oxygens (including phenoxy) is 2. The number of anilines is 1. The highest BCUT2D eigenvalue weighted by atomic mass is 35.5. The second-order valence-electron chi connectivity index (χ2n) is 8.63. The molecule has 2 heterocycles. The normalized spacial score (nSPS) is 12.8. The molecule has 0 aliphatic rings. The number of nitrogens with one attached hydrogen (secondary N) is 1. The Balaban J connectivity index is 1.93. The van der Waals surface area contributed by atoms with E-state index in [1.807, 2.05) is 0 Å². The van der Waals surface area contributed by atoms with E-state index in [9.17, 15) is 21.9 Å². The monoisotopic (exact) mass is 610 g/mol. The van der Waals surface area contributed by atoms with Crippen LogP contribution in [0.5, 0.6) is 11.5 Å². The van der Waals surface area contributed by atoms with Crippen molar-refractivity contribution < 1.29 is 31.4 Å². The van der Waals surface area contributed by atoms with Crippen molar-refractivity contribution in [3.05, 3.63) is 58.7 Å². The number of benzene rings is 2. The lowest BCUT2D eigenvalue weighted by Gasteiger charge is -2.17. The topological polar surface area (TPSA) is 168 Å². The van der Waals surface area contributed by atoms with Gasteiger partial charge in [-0.2, -0.15) is 5.10 Å². The molecular weight excluding hydrogens is 584 g/mol. The molecule has 16 heteroatoms. The van der Waals surface area contributed by atoms with Crippen molar-refractivity contribution in [1.29, 1.82) is 0 Å². The fourth-order valence-corrected chi connectivity index (χ4v) is 5.79. The molecule has 0 bridgehead atoms. The number of aliphatic hydroxyl groups is 1. The average molecular weight is 611 g/mol. The number of sulfonamides is 1. The number of aromatic nitrogens is 5. The highest BCUT2D eigenvalue weighted by molar-refractivity contribution is 7.92. The predicted molar refractivity (Wildman–Crippen MR) is 148 cm³/mol. The summed E-state index contributed by atoms with van der Waals surface area (Å²) in [6.07, 6.45) is -0.394. The van der Waals surface area contributed by atoms with Gasteiger partial charge in [0.2, 0.25) is 16.0 Å². The van der Waals surface area contributed by atoms with Crippen molar-refractivity contribution in [3.63, 3.8) is 0 Å². The third-order valence-electron chi connectivity index (χ3n) is 6.01. The van der Waals surface area contributed by atoms with Crippen LogP contribution < -0.4 is 14.2 Å². The van der Waals surface area contributed by atoms with E-state index in [0.29, 0.717) is 17.2 Å². The predicted octanol–water partition coefficient (Wildman–Crippen LogP) is 2.59. The first-order valence-corrected chi connectivity index (χ1v) is 15.6. The lowest BCUT2D eigenvalue weighted by molar-refractivity contribution is 0.206. The summed E-state index contributed by atoms with van der Waals surface area (Å²) < 4.78 is 66.0. The summed E-state index contributed by atoms with van der Waals surface area (Å²) in [5, 5.41) is 24.2. The van der Waals surface area contributed by atoms with Gasteiger partial charge < -0.3 is 14.6 Å². The molecule has 0 amide bonds. The standard InChI is InChI=1S/C24H27ClN6O7S2/c1-6-40(35,36)29-24-27-26-23(31(24)21-18(37-3)8-7-9-19(21)38-4)16-13-17(30(2)28-16)22(32)15-11-10-14(25)12-20(15)39(5,33)34/h7-13,22,32H,6H2,1-5H3,(H,27,29). The molecule has 4 rings (SSSR count). The van der Waals surface area contributed by atoms with Crippen LogP contribution in [-0.2, 0) is 26.9 Å². The number of nitrogens with zero attached hydrogens (tertiary/aromatic N) is 5. The maximum atomic E-state index is 12.5. The second kappa shape index (κ2) is 11.1. The lowest BCUT2D eigenvalue weighted by Crippen LogP contribution is -2.18. The van der Waals surface area contributed by atoms with E-state index in [4.69, 9.17) is 21.1 Å². The van der Waals surface area contributed by atoms with Gasteiger partial charge in [-0.1, -0.05) is 23.7 Å². The molecule has 214 valence electrons. The number of aliphatic hydroxyl groups excluding tert-OH is 1. The van der Waals surface area contributed by atoms with Crippen LogP contribution in [0.1, 0.15) is 24.3 Å². The maximum absolute atomic E-state index is 12.5. The third kappa shape index (κ3) is 5.63. The van der Waals surface area contributed by atoms with E-state index >= 15 is 0 Å². The van der Waals surface area contributed by atoms with E-state index in [1.165, 1.54) is 54.7 Å². The van der Waals surface area contributed by atoms with Crippen LogP contribution >= 0.6 is 11.6 Å². The minimum atomic E-state index is -3.77. The zero-order valence-electron chi connectivity index (χ0n) is 22.2. The zero-order chi connectivity index (χ0) is 29.4. The molecule has 0 radical (unpaired) electrons. The zero-order valence-corrected chi connectivity index (χ0v) is 24.5. The van der Waals surface area contributed by atoms with Crippen LogP contribution in [0.25, 0.3) is 17.2 Å². The van der Waals surface area contributed by atoms with Crippen molar-refractivity contribution in [3.8, 4) is 28.7 Å². The van der Waals surface area contributed by atoms with Gasteiger partial charge in [0.1, 0.15) is 29.0 Å². The van der Waals surface area contributed by atoms with Crippen molar-refractivity contribution in [1.82, 2.24) is 24.5 Å². The fraction of sp³-hybridized carbons (Fsp3) is 0.292. The van der Waals surface area contributed by atoms with E-state index < -0.39 is 26.0 Å². The SMILES string of the molecule is CCS(=O)(=O)Nc1nnc(-c2cc(C(O)c3ccc(Cl)cc3S(C)(=O)=O)n(C)n2)n1-c1c(OC)cccc1OC. The molecule has 13 nitrogen and oxygen atoms in total. The van der Waals surface area contributed by atoms with Gasteiger partial charge in [0.05, 0.1) is 30.6 Å². The largest absolute Gasteiger partial charge is 0.494 e. The average Bonchev–Trinajstić information content (AvgIpc) is 3.49. The maximum Gasteiger partial charge on any atom is 0.243 e. The fourth-order valence-electron chi connectivity index (χ4n) is 4.05. The van der Waals surface area contributed by atoms with Crippen LogP contribution in [0.3, 0.4) is 0 Å². The summed E-state index contributed by atoms with van der Waals surface area (Å²) >= 11 is 6.02. The van der Waals surface area contributed by atoms with E-state index in [2.05, 4.69) is 20.0 Å². The molecule has 0 saturated carbocycles. The molecule has 0 aliphatic heterocycles. The van der Waals surface area contributed by atoms with Crippen molar-refractivity contribution in [2.45, 2.75) is 17.9 Å². The Labute approximate surface area is 236 Å². The second-order valence-corrected chi connectivity index (χ2v) is 13.1. The first-order chi connectivity index (χ1) is 18.8. The molecule has 0 fully saturated rings. The summed E-state index contributed by atoms with van der Waals surface area (Å²) in [5.74, 6) is 0.372. The van der Waals surface area contributed by atoms with Gasteiger partial charge in [-0.3, -0.25) is 14.0 Å². The van der Waals surface area contributed by atoms with E-state index in [0.717, 1.165) is 6.26 Å². The Morgan fingerprint density at radius 2 is 1.70 bits per heavy atom. The number of aryl methyl sites for hydroxylation is 1. The number of methoxy groups -OCH3 is 2. The summed E-state index contributed by atoms with van der Waals surface area (Å²) in [6, 6.07) is 10.7. The molecule has 0 aliphatic carbocycles. The number of hydrogen-bond donors (Lipinski definition) is 2. The third-order valence-corrected chi connectivity index (χ3v) is 8.65. The number of rotatable bonds is 10. The lowest BCUT2D eigenvalue weighted by atomic mass is 10.1. The van der Waals surface area contributed by atoms with Crippen LogP contribution in [0.15, 0.2) is 47.4 Å². The van der Waals surface area contributed by atoms with Crippen molar-refractivity contribution in [2.24, 2.45) is 7.05 Å². The van der Waals surface area contributed by atoms with Gasteiger partial charge >= 0.3 is 0 Å². The van der Waals surface area contributed by atoms with Gasteiger partial charge in [-0.05, 0) is 37.3 Å². The van der Waals surface area contributed by atoms with Crippen LogP contribution in [0, 0.1) is 0 Å². The number of sulfone groups is 1. The summed E-state index contributed by atoms with van der Waals surface area (Å²) in [6.45, 7) is 1.47. The summed E-state index contributed by atoms with van der Waals surface area (Å²) in [7, 11) is -3.06. The van der Waals surface area contributed by atoms with Crippen molar-refractivity contribution in [2.75, 3.05) is 31.0 Å². The van der Waals surface area contributed by atoms with Gasteiger partial charge in [0.15, 0.2) is 15.7 Å². The number of halogens is 1. The Kier molecular flexibility index (Phi) is 8.12. The Morgan fingerprint density at radius 3 is 2.27 bits per heavy atom. The molecule has 2 aromatic heterocycles. The Morgan fingerprint density at radius 1 is 1.05 bits per heavy atom. The van der Waals surface area contributed by atoms with Gasteiger partial charge in [-0.15, -0.1) is 10.2 Å². The quantitative estimate of drug-likeness (QED) is 0.272. The number of para-hydroxylation sites is 1. The van der Waals surface area contributed by atoms with E-state index in [-0.39, 0.29) is 44.4 Å². The molecule has 2 aromatic carbocycles.